The van der Waals surface area contributed by atoms with Crippen LogP contribution in [0.1, 0.15) is 37.9 Å². The number of nitrogens with zero attached hydrogens (tertiary/aromatic N) is 5. The molecule has 0 spiro atoms. The van der Waals surface area contributed by atoms with Gasteiger partial charge < -0.3 is 10.1 Å². The summed E-state index contributed by atoms with van der Waals surface area (Å²) in [5.74, 6) is -1.06. The van der Waals surface area contributed by atoms with E-state index in [9.17, 15) is 14.0 Å². The van der Waals surface area contributed by atoms with Gasteiger partial charge in [-0.05, 0) is 68.4 Å². The number of aryl methyl sites for hydroxylation is 2. The molecule has 11 heteroatoms. The van der Waals surface area contributed by atoms with Crippen molar-refractivity contribution in [2.45, 2.75) is 24.8 Å². The summed E-state index contributed by atoms with van der Waals surface area (Å²) in [5, 5.41) is 11.6. The number of carbonyl (C=O) groups excluding carboxylic acids is 2. The van der Waals surface area contributed by atoms with Crippen LogP contribution in [0.3, 0.4) is 0 Å². The number of halogens is 1. The maximum atomic E-state index is 13.5. The molecule has 1 N–H and O–H groups in total. The van der Waals surface area contributed by atoms with Gasteiger partial charge in [0.2, 0.25) is 0 Å². The molecule has 0 aliphatic rings. The minimum absolute atomic E-state index is 0.100. The van der Waals surface area contributed by atoms with Gasteiger partial charge in [-0.2, -0.15) is 0 Å². The Balaban J connectivity index is 1.63. The van der Waals surface area contributed by atoms with Gasteiger partial charge in [0.25, 0.3) is 5.91 Å². The molecule has 0 radical (unpaired) electrons. The number of nitrogens with one attached hydrogen (secondary N) is 1. The number of aromatic nitrogens is 5. The van der Waals surface area contributed by atoms with Crippen LogP contribution in [0.15, 0.2) is 59.8 Å². The number of thioether (sulfide) groups is 1. The molecule has 2 heterocycles. The van der Waals surface area contributed by atoms with Crippen LogP contribution >= 0.6 is 11.8 Å². The highest BCUT2D eigenvalue weighted by Gasteiger charge is 2.22. The molecule has 4 aromatic rings. The standard InChI is InChI=1S/C24H21FN6O3S/c1-14-12-15(2)27-24(26-14)35-13-20-21(29-30-31(20)19-10-6-17(25)7-11-19)22(32)28-18-8-4-16(5-9-18)23(33)34-3/h4-12H,13H2,1-3H3,(H,28,32). The van der Waals surface area contributed by atoms with E-state index in [1.807, 2.05) is 19.9 Å². The molecule has 0 fully saturated rings. The van der Waals surface area contributed by atoms with Crippen LogP contribution in [-0.4, -0.2) is 43.9 Å². The molecule has 178 valence electrons. The summed E-state index contributed by atoms with van der Waals surface area (Å²) in [7, 11) is 1.30. The van der Waals surface area contributed by atoms with Crippen molar-refractivity contribution in [1.29, 1.82) is 0 Å². The van der Waals surface area contributed by atoms with E-state index >= 15 is 0 Å². The number of carbonyl (C=O) groups is 2. The quantitative estimate of drug-likeness (QED) is 0.233. The zero-order valence-electron chi connectivity index (χ0n) is 19.2. The first-order valence-electron chi connectivity index (χ1n) is 10.5. The van der Waals surface area contributed by atoms with Crippen molar-refractivity contribution in [1.82, 2.24) is 25.0 Å². The molecule has 0 unspecified atom stereocenters. The molecular weight excluding hydrogens is 471 g/mol. The van der Waals surface area contributed by atoms with Gasteiger partial charge in [-0.1, -0.05) is 17.0 Å². The second kappa shape index (κ2) is 10.4. The Morgan fingerprint density at radius 3 is 2.31 bits per heavy atom. The Morgan fingerprint density at radius 2 is 1.69 bits per heavy atom. The van der Waals surface area contributed by atoms with Crippen molar-refractivity contribution >= 4 is 29.3 Å². The number of benzene rings is 2. The highest BCUT2D eigenvalue weighted by atomic mass is 32.2. The molecule has 0 saturated heterocycles. The lowest BCUT2D eigenvalue weighted by Gasteiger charge is -2.09. The second-order valence-electron chi connectivity index (χ2n) is 7.52. The zero-order chi connectivity index (χ0) is 24.9. The Labute approximate surface area is 204 Å². The van der Waals surface area contributed by atoms with E-state index in [2.05, 4.69) is 30.3 Å². The van der Waals surface area contributed by atoms with Crippen LogP contribution in [-0.2, 0) is 10.5 Å². The van der Waals surface area contributed by atoms with Gasteiger partial charge in [-0.3, -0.25) is 4.79 Å². The van der Waals surface area contributed by atoms with Crippen LogP contribution < -0.4 is 5.32 Å². The summed E-state index contributed by atoms with van der Waals surface area (Å²) < 4.78 is 19.6. The maximum Gasteiger partial charge on any atom is 0.337 e. The first kappa shape index (κ1) is 24.0. The summed E-state index contributed by atoms with van der Waals surface area (Å²) in [5.41, 5.74) is 3.64. The van der Waals surface area contributed by atoms with E-state index in [0.717, 1.165) is 11.4 Å². The van der Waals surface area contributed by atoms with Gasteiger partial charge in [0.05, 0.1) is 24.1 Å². The predicted octanol–water partition coefficient (Wildman–Crippen LogP) is 4.14. The van der Waals surface area contributed by atoms with Crippen molar-refractivity contribution in [3.05, 3.63) is 88.8 Å². The molecule has 2 aromatic carbocycles. The van der Waals surface area contributed by atoms with E-state index in [-0.39, 0.29) is 17.3 Å². The van der Waals surface area contributed by atoms with Crippen LogP contribution in [0.25, 0.3) is 5.69 Å². The molecule has 0 bridgehead atoms. The van der Waals surface area contributed by atoms with Crippen LogP contribution in [0.4, 0.5) is 10.1 Å². The minimum Gasteiger partial charge on any atom is -0.465 e. The smallest absolute Gasteiger partial charge is 0.337 e. The third-order valence-corrected chi connectivity index (χ3v) is 5.77. The summed E-state index contributed by atoms with van der Waals surface area (Å²) in [6.07, 6.45) is 0. The second-order valence-corrected chi connectivity index (χ2v) is 8.46. The Hall–Kier alpha value is -4.12. The van der Waals surface area contributed by atoms with E-state index in [4.69, 9.17) is 0 Å². The van der Waals surface area contributed by atoms with E-state index in [0.29, 0.717) is 27.8 Å². The lowest BCUT2D eigenvalue weighted by Crippen LogP contribution is -2.15. The molecule has 4 rings (SSSR count). The molecular formula is C24H21FN6O3S. The number of hydrogen-bond donors (Lipinski definition) is 1. The third kappa shape index (κ3) is 5.69. The summed E-state index contributed by atoms with van der Waals surface area (Å²) >= 11 is 1.34. The number of ether oxygens (including phenoxy) is 1. The van der Waals surface area contributed by atoms with Crippen LogP contribution in [0, 0.1) is 19.7 Å². The number of hydrogen-bond acceptors (Lipinski definition) is 8. The van der Waals surface area contributed by atoms with Crippen LogP contribution in [0.2, 0.25) is 0 Å². The van der Waals surface area contributed by atoms with Crippen molar-refractivity contribution in [3.8, 4) is 5.69 Å². The zero-order valence-corrected chi connectivity index (χ0v) is 20.0. The number of anilines is 1. The molecule has 35 heavy (non-hydrogen) atoms. The number of amides is 1. The SMILES string of the molecule is COC(=O)c1ccc(NC(=O)c2nnn(-c3ccc(F)cc3)c2CSc2nc(C)cc(C)n2)cc1. The molecule has 0 aliphatic heterocycles. The Kier molecular flexibility index (Phi) is 7.16. The number of rotatable bonds is 7. The van der Waals surface area contributed by atoms with Crippen molar-refractivity contribution in [2.24, 2.45) is 0 Å². The van der Waals surface area contributed by atoms with Crippen molar-refractivity contribution in [2.75, 3.05) is 12.4 Å². The summed E-state index contributed by atoms with van der Waals surface area (Å²) in [4.78, 5) is 33.6. The number of esters is 1. The van der Waals surface area contributed by atoms with Crippen LogP contribution in [0.5, 0.6) is 0 Å². The highest BCUT2D eigenvalue weighted by Crippen LogP contribution is 2.24. The molecule has 0 saturated carbocycles. The lowest BCUT2D eigenvalue weighted by molar-refractivity contribution is 0.0600. The van der Waals surface area contributed by atoms with Gasteiger partial charge in [0.15, 0.2) is 10.9 Å². The molecule has 0 atom stereocenters. The molecule has 0 aliphatic carbocycles. The molecule has 9 nitrogen and oxygen atoms in total. The normalized spacial score (nSPS) is 10.7. The van der Waals surface area contributed by atoms with Crippen molar-refractivity contribution < 1.29 is 18.7 Å². The maximum absolute atomic E-state index is 13.5. The van der Waals surface area contributed by atoms with Crippen molar-refractivity contribution in [3.63, 3.8) is 0 Å². The summed E-state index contributed by atoms with van der Waals surface area (Å²) in [6, 6.07) is 13.9. The fraction of sp³-hybridized carbons (Fsp3) is 0.167. The molecule has 1 amide bonds. The Morgan fingerprint density at radius 1 is 1.03 bits per heavy atom. The van der Waals surface area contributed by atoms with E-state index < -0.39 is 11.9 Å². The number of methoxy groups -OCH3 is 1. The average Bonchev–Trinajstić information content (AvgIpc) is 3.26. The molecule has 2 aromatic heterocycles. The average molecular weight is 493 g/mol. The van der Waals surface area contributed by atoms with Gasteiger partial charge >= 0.3 is 5.97 Å². The fourth-order valence-corrected chi connectivity index (χ4v) is 4.23. The lowest BCUT2D eigenvalue weighted by atomic mass is 10.2. The van der Waals surface area contributed by atoms with Gasteiger partial charge in [-0.15, -0.1) is 5.10 Å². The van der Waals surface area contributed by atoms with E-state index in [1.165, 1.54) is 35.7 Å². The monoisotopic (exact) mass is 492 g/mol. The third-order valence-electron chi connectivity index (χ3n) is 4.91. The Bertz CT molecular complexity index is 1350. The fourth-order valence-electron chi connectivity index (χ4n) is 3.29. The predicted molar refractivity (Wildman–Crippen MR) is 128 cm³/mol. The first-order valence-corrected chi connectivity index (χ1v) is 11.5. The topological polar surface area (TPSA) is 112 Å². The van der Waals surface area contributed by atoms with Gasteiger partial charge in [0, 0.05) is 22.8 Å². The largest absolute Gasteiger partial charge is 0.465 e. The van der Waals surface area contributed by atoms with Gasteiger partial charge in [0.1, 0.15) is 5.82 Å². The van der Waals surface area contributed by atoms with Gasteiger partial charge in [-0.25, -0.2) is 23.8 Å². The van der Waals surface area contributed by atoms with E-state index in [1.54, 1.807) is 36.4 Å². The first-order chi connectivity index (χ1) is 16.8. The minimum atomic E-state index is -0.485. The summed E-state index contributed by atoms with van der Waals surface area (Å²) in [6.45, 7) is 3.76. The highest BCUT2D eigenvalue weighted by molar-refractivity contribution is 7.98.